The summed E-state index contributed by atoms with van der Waals surface area (Å²) in [7, 11) is 0. The van der Waals surface area contributed by atoms with Crippen LogP contribution in [0.2, 0.25) is 0 Å². The van der Waals surface area contributed by atoms with Crippen LogP contribution in [0.4, 0.5) is 0 Å². The molecule has 1 saturated carbocycles. The Kier molecular flexibility index (Phi) is 4.98. The molecule has 2 aromatic heterocycles. The van der Waals surface area contributed by atoms with Gasteiger partial charge >= 0.3 is 0 Å². The first-order valence-electron chi connectivity index (χ1n) is 9.12. The number of benzene rings is 1. The molecule has 0 unspecified atom stereocenters. The number of nitrogens with zero attached hydrogens (tertiary/aromatic N) is 3. The van der Waals surface area contributed by atoms with Gasteiger partial charge in [0.1, 0.15) is 5.39 Å². The van der Waals surface area contributed by atoms with Gasteiger partial charge in [0.25, 0.3) is 5.56 Å². The largest absolute Gasteiger partial charge is 0.352 e. The number of hydrogen-bond acceptors (Lipinski definition) is 5. The Hall–Kier alpha value is -2.61. The minimum absolute atomic E-state index is 0.0220. The Bertz CT molecular complexity index is 1010. The average molecular weight is 383 g/mol. The molecule has 1 aliphatic rings. The summed E-state index contributed by atoms with van der Waals surface area (Å²) < 4.78 is 1.64. The van der Waals surface area contributed by atoms with Crippen molar-refractivity contribution in [3.8, 4) is 5.69 Å². The van der Waals surface area contributed by atoms with Gasteiger partial charge in [-0.1, -0.05) is 42.8 Å². The third-order valence-corrected chi connectivity index (χ3v) is 5.76. The summed E-state index contributed by atoms with van der Waals surface area (Å²) >= 11 is 1.25. The third kappa shape index (κ3) is 3.75. The van der Waals surface area contributed by atoms with E-state index >= 15 is 0 Å². The number of H-pyrrole nitrogens is 1. The van der Waals surface area contributed by atoms with E-state index < -0.39 is 0 Å². The van der Waals surface area contributed by atoms with Crippen LogP contribution < -0.4 is 10.9 Å². The van der Waals surface area contributed by atoms with Crippen molar-refractivity contribution < 1.29 is 4.79 Å². The van der Waals surface area contributed by atoms with E-state index in [9.17, 15) is 9.59 Å². The maximum atomic E-state index is 12.4. The molecule has 2 heterocycles. The number of aromatic amines is 1. The molecular weight excluding hydrogens is 362 g/mol. The van der Waals surface area contributed by atoms with E-state index in [1.807, 2.05) is 37.3 Å². The number of para-hydroxylation sites is 1. The highest BCUT2D eigenvalue weighted by Gasteiger charge is 2.22. The second-order valence-corrected chi connectivity index (χ2v) is 8.08. The normalized spacial score (nSPS) is 15.9. The highest BCUT2D eigenvalue weighted by Crippen LogP contribution is 2.23. The highest BCUT2D eigenvalue weighted by atomic mass is 32.2. The number of fused-ring (bicyclic) bond motifs is 1. The first-order valence-corrected chi connectivity index (χ1v) is 10.0. The number of hydrogen-bond donors (Lipinski definition) is 2. The zero-order chi connectivity index (χ0) is 18.8. The maximum absolute atomic E-state index is 12.4. The van der Waals surface area contributed by atoms with Gasteiger partial charge in [0.05, 0.1) is 17.1 Å². The van der Waals surface area contributed by atoms with Gasteiger partial charge in [0.2, 0.25) is 5.91 Å². The lowest BCUT2D eigenvalue weighted by molar-refractivity contribution is -0.120. The molecule has 4 rings (SSSR count). The molecule has 1 aliphatic carbocycles. The standard InChI is InChI=1S/C19H21N5O2S/c1-12(17(25)21-13-7-5-6-8-13)27-19-22-16-15(18(26)23-19)11-20-24(16)14-9-3-2-4-10-14/h2-4,9-13H,5-8H2,1H3,(H,21,25)(H,22,23,26)/t12-/m0/s1. The molecule has 0 bridgehead atoms. The summed E-state index contributed by atoms with van der Waals surface area (Å²) in [5.74, 6) is -0.0220. The number of carbonyl (C=O) groups excluding carboxylic acids is 1. The van der Waals surface area contributed by atoms with Crippen LogP contribution in [0.5, 0.6) is 0 Å². The average Bonchev–Trinajstić information content (AvgIpc) is 3.32. The van der Waals surface area contributed by atoms with Gasteiger partial charge in [-0.25, -0.2) is 9.67 Å². The molecule has 1 atom stereocenters. The van der Waals surface area contributed by atoms with Crippen LogP contribution in [0.15, 0.2) is 46.5 Å². The monoisotopic (exact) mass is 383 g/mol. The molecule has 3 aromatic rings. The Morgan fingerprint density at radius 3 is 2.78 bits per heavy atom. The predicted molar refractivity (Wildman–Crippen MR) is 105 cm³/mol. The lowest BCUT2D eigenvalue weighted by Crippen LogP contribution is -2.37. The van der Waals surface area contributed by atoms with E-state index in [2.05, 4.69) is 20.4 Å². The smallest absolute Gasteiger partial charge is 0.262 e. The van der Waals surface area contributed by atoms with Crippen LogP contribution in [-0.4, -0.2) is 36.9 Å². The molecule has 0 spiro atoms. The predicted octanol–water partition coefficient (Wildman–Crippen LogP) is 2.65. The van der Waals surface area contributed by atoms with E-state index in [1.165, 1.54) is 30.8 Å². The van der Waals surface area contributed by atoms with Crippen molar-refractivity contribution in [3.05, 3.63) is 46.9 Å². The van der Waals surface area contributed by atoms with Crippen molar-refractivity contribution in [2.24, 2.45) is 0 Å². The van der Waals surface area contributed by atoms with Gasteiger partial charge in [0, 0.05) is 6.04 Å². The zero-order valence-electron chi connectivity index (χ0n) is 15.0. The lowest BCUT2D eigenvalue weighted by atomic mass is 10.2. The van der Waals surface area contributed by atoms with Crippen molar-refractivity contribution in [1.82, 2.24) is 25.1 Å². The molecule has 1 aromatic carbocycles. The maximum Gasteiger partial charge on any atom is 0.262 e. The zero-order valence-corrected chi connectivity index (χ0v) is 15.8. The lowest BCUT2D eigenvalue weighted by Gasteiger charge is -2.15. The quantitative estimate of drug-likeness (QED) is 0.522. The molecule has 1 amide bonds. The fraction of sp³-hybridized carbons (Fsp3) is 0.368. The Morgan fingerprint density at radius 2 is 2.04 bits per heavy atom. The van der Waals surface area contributed by atoms with Crippen LogP contribution >= 0.6 is 11.8 Å². The second kappa shape index (κ2) is 7.56. The second-order valence-electron chi connectivity index (χ2n) is 6.75. The molecule has 0 aliphatic heterocycles. The van der Waals surface area contributed by atoms with E-state index in [1.54, 1.807) is 4.68 Å². The minimum atomic E-state index is -0.348. The number of thioether (sulfide) groups is 1. The van der Waals surface area contributed by atoms with E-state index in [0.29, 0.717) is 16.2 Å². The molecular formula is C19H21N5O2S. The summed E-state index contributed by atoms with van der Waals surface area (Å²) in [4.78, 5) is 32.1. The molecule has 140 valence electrons. The van der Waals surface area contributed by atoms with E-state index in [0.717, 1.165) is 18.5 Å². The third-order valence-electron chi connectivity index (χ3n) is 4.78. The SMILES string of the molecule is C[C@H](Sc1nc2c(cnn2-c2ccccc2)c(=O)[nH]1)C(=O)NC1CCCC1. The fourth-order valence-electron chi connectivity index (χ4n) is 3.32. The molecule has 8 heteroatoms. The van der Waals surface area contributed by atoms with Gasteiger partial charge in [-0.3, -0.25) is 9.59 Å². The van der Waals surface area contributed by atoms with Gasteiger partial charge in [-0.05, 0) is 31.9 Å². The highest BCUT2D eigenvalue weighted by molar-refractivity contribution is 8.00. The molecule has 7 nitrogen and oxygen atoms in total. The summed E-state index contributed by atoms with van der Waals surface area (Å²) in [5, 5.41) is 7.87. The van der Waals surface area contributed by atoms with Gasteiger partial charge in [-0.2, -0.15) is 5.10 Å². The molecule has 0 radical (unpaired) electrons. The number of aromatic nitrogens is 4. The van der Waals surface area contributed by atoms with Crippen molar-refractivity contribution in [3.63, 3.8) is 0 Å². The number of nitrogens with one attached hydrogen (secondary N) is 2. The van der Waals surface area contributed by atoms with Crippen molar-refractivity contribution >= 4 is 28.7 Å². The van der Waals surface area contributed by atoms with Gasteiger partial charge < -0.3 is 10.3 Å². The van der Waals surface area contributed by atoms with E-state index in [-0.39, 0.29) is 22.8 Å². The van der Waals surface area contributed by atoms with Crippen molar-refractivity contribution in [2.45, 2.75) is 49.1 Å². The van der Waals surface area contributed by atoms with Crippen LogP contribution in [0.25, 0.3) is 16.7 Å². The Labute approximate surface area is 160 Å². The number of carbonyl (C=O) groups is 1. The first-order chi connectivity index (χ1) is 13.1. The fourth-order valence-corrected chi connectivity index (χ4v) is 4.12. The summed E-state index contributed by atoms with van der Waals surface area (Å²) in [6.07, 6.45) is 5.93. The Morgan fingerprint density at radius 1 is 1.30 bits per heavy atom. The Balaban J connectivity index is 1.58. The van der Waals surface area contributed by atoms with Gasteiger partial charge in [-0.15, -0.1) is 0 Å². The summed E-state index contributed by atoms with van der Waals surface area (Å²) in [6, 6.07) is 9.80. The van der Waals surface area contributed by atoms with E-state index in [4.69, 9.17) is 0 Å². The van der Waals surface area contributed by atoms with Crippen molar-refractivity contribution in [1.29, 1.82) is 0 Å². The molecule has 27 heavy (non-hydrogen) atoms. The summed E-state index contributed by atoms with van der Waals surface area (Å²) in [6.45, 7) is 1.83. The van der Waals surface area contributed by atoms with Crippen molar-refractivity contribution in [2.75, 3.05) is 0 Å². The van der Waals surface area contributed by atoms with Crippen LogP contribution in [0.3, 0.4) is 0 Å². The summed E-state index contributed by atoms with van der Waals surface area (Å²) in [5.41, 5.74) is 1.05. The number of rotatable bonds is 5. The molecule has 1 fully saturated rings. The molecule has 0 saturated heterocycles. The van der Waals surface area contributed by atoms with Crippen LogP contribution in [-0.2, 0) is 4.79 Å². The van der Waals surface area contributed by atoms with Crippen LogP contribution in [0.1, 0.15) is 32.6 Å². The van der Waals surface area contributed by atoms with Gasteiger partial charge in [0.15, 0.2) is 10.8 Å². The number of amides is 1. The molecule has 2 N–H and O–H groups in total. The van der Waals surface area contributed by atoms with Crippen LogP contribution in [0, 0.1) is 0 Å². The minimum Gasteiger partial charge on any atom is -0.352 e. The topological polar surface area (TPSA) is 92.7 Å². The first kappa shape index (κ1) is 17.8.